The van der Waals surface area contributed by atoms with Crippen molar-refractivity contribution in [2.24, 2.45) is 5.73 Å². The summed E-state index contributed by atoms with van der Waals surface area (Å²) in [6.07, 6.45) is 2.62. The van der Waals surface area contributed by atoms with Crippen LogP contribution >= 0.6 is 12.4 Å². The summed E-state index contributed by atoms with van der Waals surface area (Å²) < 4.78 is 0. The van der Waals surface area contributed by atoms with Gasteiger partial charge in [0.1, 0.15) is 0 Å². The fourth-order valence-corrected chi connectivity index (χ4v) is 3.16. The van der Waals surface area contributed by atoms with E-state index in [1.54, 1.807) is 0 Å². The molecule has 3 amide bonds. The Labute approximate surface area is 171 Å². The van der Waals surface area contributed by atoms with Gasteiger partial charge < -0.3 is 21.3 Å². The van der Waals surface area contributed by atoms with E-state index in [1.165, 1.54) is 0 Å². The molecule has 0 aromatic heterocycles. The standard InChI is InChI=1S/C21H26N4O2.ClH/c22-19(14-16-7-2-1-3-8-16)20(26)23-15-17-9-6-10-18(13-17)24-21(27)25-11-4-5-12-25;/h1-3,6-10,13,19H,4-5,11-12,14-15,22H2,(H,23,26)(H,24,27);1H/t19-;/m0./s1. The van der Waals surface area contributed by atoms with Crippen molar-refractivity contribution < 1.29 is 9.59 Å². The van der Waals surface area contributed by atoms with Crippen molar-refractivity contribution in [1.82, 2.24) is 10.2 Å². The van der Waals surface area contributed by atoms with Crippen molar-refractivity contribution in [3.8, 4) is 0 Å². The number of nitrogens with one attached hydrogen (secondary N) is 2. The highest BCUT2D eigenvalue weighted by atomic mass is 35.5. The van der Waals surface area contributed by atoms with Crippen LogP contribution in [-0.2, 0) is 17.8 Å². The number of anilines is 1. The van der Waals surface area contributed by atoms with Gasteiger partial charge in [-0.15, -0.1) is 12.4 Å². The number of halogens is 1. The maximum absolute atomic E-state index is 12.2. The number of rotatable bonds is 6. The molecule has 1 aliphatic rings. The average molecular weight is 403 g/mol. The number of benzene rings is 2. The lowest BCUT2D eigenvalue weighted by Gasteiger charge is -2.17. The van der Waals surface area contributed by atoms with E-state index >= 15 is 0 Å². The monoisotopic (exact) mass is 402 g/mol. The van der Waals surface area contributed by atoms with Crippen LogP contribution in [0.3, 0.4) is 0 Å². The Kier molecular flexibility index (Phi) is 8.29. The minimum Gasteiger partial charge on any atom is -0.351 e. The van der Waals surface area contributed by atoms with Gasteiger partial charge in [0, 0.05) is 25.3 Å². The van der Waals surface area contributed by atoms with Gasteiger partial charge in [0.15, 0.2) is 0 Å². The maximum atomic E-state index is 12.2. The highest BCUT2D eigenvalue weighted by Gasteiger charge is 2.18. The lowest BCUT2D eigenvalue weighted by atomic mass is 10.1. The fraction of sp³-hybridized carbons (Fsp3) is 0.333. The van der Waals surface area contributed by atoms with Crippen molar-refractivity contribution >= 4 is 30.0 Å². The SMILES string of the molecule is Cl.N[C@@H](Cc1ccccc1)C(=O)NCc1cccc(NC(=O)N2CCCC2)c1. The molecule has 0 spiro atoms. The molecule has 0 aliphatic carbocycles. The minimum absolute atomic E-state index is 0. The van der Waals surface area contributed by atoms with E-state index in [0.29, 0.717) is 13.0 Å². The van der Waals surface area contributed by atoms with Crippen molar-refractivity contribution in [2.75, 3.05) is 18.4 Å². The Morgan fingerprint density at radius 1 is 1.00 bits per heavy atom. The molecule has 2 aromatic rings. The van der Waals surface area contributed by atoms with Gasteiger partial charge in [-0.3, -0.25) is 4.79 Å². The summed E-state index contributed by atoms with van der Waals surface area (Å²) in [6.45, 7) is 1.98. The van der Waals surface area contributed by atoms with Crippen LogP contribution in [0.5, 0.6) is 0 Å². The maximum Gasteiger partial charge on any atom is 0.321 e. The van der Waals surface area contributed by atoms with Crippen LogP contribution in [0.25, 0.3) is 0 Å². The van der Waals surface area contributed by atoms with Gasteiger partial charge in [0.05, 0.1) is 6.04 Å². The summed E-state index contributed by atoms with van der Waals surface area (Å²) in [4.78, 5) is 26.2. The summed E-state index contributed by atoms with van der Waals surface area (Å²) in [7, 11) is 0. The second-order valence-electron chi connectivity index (χ2n) is 6.84. The van der Waals surface area contributed by atoms with Crippen molar-refractivity contribution in [3.63, 3.8) is 0 Å². The second kappa shape index (κ2) is 10.7. The molecule has 1 saturated heterocycles. The first-order chi connectivity index (χ1) is 13.1. The number of carbonyl (C=O) groups excluding carboxylic acids is 2. The summed E-state index contributed by atoms with van der Waals surface area (Å²) in [5, 5.41) is 5.78. The Bertz CT molecular complexity index is 779. The van der Waals surface area contributed by atoms with Gasteiger partial charge in [-0.1, -0.05) is 42.5 Å². The number of nitrogens with two attached hydrogens (primary N) is 1. The molecular weight excluding hydrogens is 376 g/mol. The Morgan fingerprint density at radius 3 is 2.39 bits per heavy atom. The predicted molar refractivity (Wildman–Crippen MR) is 113 cm³/mol. The molecule has 7 heteroatoms. The summed E-state index contributed by atoms with van der Waals surface area (Å²) >= 11 is 0. The lowest BCUT2D eigenvalue weighted by molar-refractivity contribution is -0.122. The van der Waals surface area contributed by atoms with Gasteiger partial charge in [-0.05, 0) is 42.5 Å². The first-order valence-corrected chi connectivity index (χ1v) is 9.34. The van der Waals surface area contributed by atoms with Gasteiger partial charge in [0.25, 0.3) is 0 Å². The van der Waals surface area contributed by atoms with Gasteiger partial charge >= 0.3 is 6.03 Å². The molecule has 4 N–H and O–H groups in total. The summed E-state index contributed by atoms with van der Waals surface area (Å²) in [5.41, 5.74) is 8.68. The zero-order valence-electron chi connectivity index (χ0n) is 15.8. The highest BCUT2D eigenvalue weighted by Crippen LogP contribution is 2.14. The van der Waals surface area contributed by atoms with Crippen LogP contribution in [0.2, 0.25) is 0 Å². The third-order valence-corrected chi connectivity index (χ3v) is 4.67. The average Bonchev–Trinajstić information content (AvgIpc) is 3.22. The van der Waals surface area contributed by atoms with Crippen molar-refractivity contribution in [3.05, 3.63) is 65.7 Å². The number of amides is 3. The van der Waals surface area contributed by atoms with Gasteiger partial charge in [-0.25, -0.2) is 4.79 Å². The topological polar surface area (TPSA) is 87.5 Å². The Balaban J connectivity index is 0.00000280. The number of carbonyl (C=O) groups is 2. The molecule has 1 aliphatic heterocycles. The van der Waals surface area contributed by atoms with Gasteiger partial charge in [-0.2, -0.15) is 0 Å². The number of hydrogen-bond donors (Lipinski definition) is 3. The third kappa shape index (κ3) is 6.25. The molecule has 3 rings (SSSR count). The van der Waals surface area contributed by atoms with Crippen molar-refractivity contribution in [1.29, 1.82) is 0 Å². The van der Waals surface area contributed by atoms with Crippen LogP contribution in [0.15, 0.2) is 54.6 Å². The number of likely N-dealkylation sites (tertiary alicyclic amines) is 1. The quantitative estimate of drug-likeness (QED) is 0.694. The summed E-state index contributed by atoms with van der Waals surface area (Å²) in [6, 6.07) is 16.5. The van der Waals surface area contributed by atoms with E-state index in [2.05, 4.69) is 10.6 Å². The molecule has 28 heavy (non-hydrogen) atoms. The second-order valence-corrected chi connectivity index (χ2v) is 6.84. The predicted octanol–water partition coefficient (Wildman–Crippen LogP) is 2.92. The number of hydrogen-bond acceptors (Lipinski definition) is 3. The molecule has 1 heterocycles. The normalized spacial score (nSPS) is 14.1. The van der Waals surface area contributed by atoms with E-state index in [-0.39, 0.29) is 24.3 Å². The molecule has 0 bridgehead atoms. The van der Waals surface area contributed by atoms with Crippen LogP contribution in [0, 0.1) is 0 Å². The molecule has 150 valence electrons. The highest BCUT2D eigenvalue weighted by molar-refractivity contribution is 5.89. The molecule has 6 nitrogen and oxygen atoms in total. The minimum atomic E-state index is -0.592. The molecular formula is C21H27ClN4O2. The van der Waals surface area contributed by atoms with Crippen molar-refractivity contribution in [2.45, 2.75) is 31.8 Å². The summed E-state index contributed by atoms with van der Waals surface area (Å²) in [5.74, 6) is -0.189. The van der Waals surface area contributed by atoms with Crippen LogP contribution < -0.4 is 16.4 Å². The van der Waals surface area contributed by atoms with Crippen LogP contribution in [0.4, 0.5) is 10.5 Å². The smallest absolute Gasteiger partial charge is 0.321 e. The zero-order chi connectivity index (χ0) is 19.1. The largest absolute Gasteiger partial charge is 0.351 e. The first kappa shape index (κ1) is 21.7. The van der Waals surface area contributed by atoms with E-state index in [4.69, 9.17) is 5.73 Å². The van der Waals surface area contributed by atoms with Crippen LogP contribution in [0.1, 0.15) is 24.0 Å². The lowest BCUT2D eigenvalue weighted by Crippen LogP contribution is -2.41. The Morgan fingerprint density at radius 2 is 1.68 bits per heavy atom. The molecule has 2 aromatic carbocycles. The molecule has 0 saturated carbocycles. The van der Waals surface area contributed by atoms with E-state index in [9.17, 15) is 9.59 Å². The van der Waals surface area contributed by atoms with E-state index < -0.39 is 6.04 Å². The fourth-order valence-electron chi connectivity index (χ4n) is 3.16. The molecule has 0 radical (unpaired) electrons. The molecule has 0 unspecified atom stereocenters. The first-order valence-electron chi connectivity index (χ1n) is 9.34. The van der Waals surface area contributed by atoms with Gasteiger partial charge in [0.2, 0.25) is 5.91 Å². The van der Waals surface area contributed by atoms with E-state index in [0.717, 1.165) is 42.7 Å². The number of urea groups is 1. The molecule has 1 atom stereocenters. The van der Waals surface area contributed by atoms with Crippen LogP contribution in [-0.4, -0.2) is 36.0 Å². The zero-order valence-corrected chi connectivity index (χ0v) is 16.6. The molecule has 1 fully saturated rings. The van der Waals surface area contributed by atoms with E-state index in [1.807, 2.05) is 59.5 Å². The number of nitrogens with zero attached hydrogens (tertiary/aromatic N) is 1. The Hall–Kier alpha value is -2.57. The third-order valence-electron chi connectivity index (χ3n) is 4.67.